The monoisotopic (exact) mass is 408 g/mol. The minimum absolute atomic E-state index is 0.233. The lowest BCUT2D eigenvalue weighted by Crippen LogP contribution is -2.30. The first kappa shape index (κ1) is 15.6. The minimum Gasteiger partial charge on any atom is -0.271 e. The van der Waals surface area contributed by atoms with E-state index in [1.807, 2.05) is 12.1 Å². The molecule has 2 rings (SSSR count). The van der Waals surface area contributed by atoms with Gasteiger partial charge < -0.3 is 0 Å². The summed E-state index contributed by atoms with van der Waals surface area (Å²) in [5, 5.41) is 0.600. The van der Waals surface area contributed by atoms with Crippen LogP contribution >= 0.6 is 34.2 Å². The lowest BCUT2D eigenvalue weighted by molar-refractivity contribution is 0.481. The van der Waals surface area contributed by atoms with Gasteiger partial charge in [0.1, 0.15) is 0 Å². The van der Waals surface area contributed by atoms with Gasteiger partial charge in [0.25, 0.3) is 0 Å². The highest BCUT2D eigenvalue weighted by Crippen LogP contribution is 2.26. The molecular weight excluding hydrogens is 397 g/mol. The van der Waals surface area contributed by atoms with E-state index >= 15 is 0 Å². The minimum atomic E-state index is -0.862. The lowest BCUT2D eigenvalue weighted by Gasteiger charge is -2.17. The van der Waals surface area contributed by atoms with E-state index in [9.17, 15) is 8.78 Å². The van der Waals surface area contributed by atoms with Crippen molar-refractivity contribution in [2.75, 3.05) is 0 Å². The van der Waals surface area contributed by atoms with E-state index < -0.39 is 11.6 Å². The first-order chi connectivity index (χ1) is 9.52. The van der Waals surface area contributed by atoms with Crippen molar-refractivity contribution in [3.8, 4) is 0 Å². The van der Waals surface area contributed by atoms with Crippen LogP contribution in [0.3, 0.4) is 0 Å². The average Bonchev–Trinajstić information content (AvgIpc) is 2.44. The van der Waals surface area contributed by atoms with Crippen LogP contribution in [0.5, 0.6) is 0 Å². The fraction of sp³-hybridized carbons (Fsp3) is 0.143. The quantitative estimate of drug-likeness (QED) is 0.456. The molecule has 0 aromatic heterocycles. The number of halogens is 4. The number of hydrazine groups is 1. The van der Waals surface area contributed by atoms with Gasteiger partial charge >= 0.3 is 0 Å². The highest BCUT2D eigenvalue weighted by molar-refractivity contribution is 14.1. The maximum atomic E-state index is 13.7. The average molecular weight is 409 g/mol. The van der Waals surface area contributed by atoms with Crippen molar-refractivity contribution in [3.05, 3.63) is 67.8 Å². The van der Waals surface area contributed by atoms with E-state index in [0.717, 1.165) is 15.2 Å². The molecule has 0 heterocycles. The van der Waals surface area contributed by atoms with Crippen LogP contribution in [0.1, 0.15) is 17.2 Å². The molecule has 106 valence electrons. The topological polar surface area (TPSA) is 38.0 Å². The van der Waals surface area contributed by atoms with Crippen molar-refractivity contribution in [2.24, 2.45) is 5.84 Å². The molecule has 20 heavy (non-hydrogen) atoms. The molecule has 2 aromatic carbocycles. The zero-order chi connectivity index (χ0) is 14.7. The molecule has 6 heteroatoms. The van der Waals surface area contributed by atoms with Crippen LogP contribution in [0.15, 0.2) is 36.4 Å². The number of nitrogens with one attached hydrogen (secondary N) is 1. The van der Waals surface area contributed by atoms with E-state index in [-0.39, 0.29) is 18.0 Å². The second-order valence-electron chi connectivity index (χ2n) is 4.31. The third-order valence-corrected chi connectivity index (χ3v) is 4.58. The van der Waals surface area contributed by atoms with Crippen LogP contribution in [-0.4, -0.2) is 0 Å². The summed E-state index contributed by atoms with van der Waals surface area (Å²) in [6.45, 7) is 0. The van der Waals surface area contributed by atoms with Crippen LogP contribution in [-0.2, 0) is 6.42 Å². The Balaban J connectivity index is 2.28. The van der Waals surface area contributed by atoms with Gasteiger partial charge in [-0.05, 0) is 58.3 Å². The van der Waals surface area contributed by atoms with Gasteiger partial charge in [-0.25, -0.2) is 8.78 Å². The number of benzene rings is 2. The van der Waals surface area contributed by atoms with Gasteiger partial charge in [-0.15, -0.1) is 0 Å². The van der Waals surface area contributed by atoms with Crippen LogP contribution in [0.25, 0.3) is 0 Å². The molecule has 0 aliphatic rings. The normalized spacial score (nSPS) is 12.4. The van der Waals surface area contributed by atoms with Crippen molar-refractivity contribution in [1.29, 1.82) is 0 Å². The van der Waals surface area contributed by atoms with Gasteiger partial charge in [-0.3, -0.25) is 11.3 Å². The summed E-state index contributed by atoms with van der Waals surface area (Å²) in [7, 11) is 0. The summed E-state index contributed by atoms with van der Waals surface area (Å²) in [6, 6.07) is 9.23. The number of rotatable bonds is 4. The van der Waals surface area contributed by atoms with Gasteiger partial charge in [-0.2, -0.15) is 0 Å². The van der Waals surface area contributed by atoms with Gasteiger partial charge in [-0.1, -0.05) is 29.8 Å². The molecule has 0 aliphatic heterocycles. The Morgan fingerprint density at radius 2 is 2.00 bits per heavy atom. The third-order valence-electron chi connectivity index (χ3n) is 3.00. The predicted molar refractivity (Wildman–Crippen MR) is 84.3 cm³/mol. The van der Waals surface area contributed by atoms with E-state index in [4.69, 9.17) is 17.4 Å². The molecular formula is C14H12ClF2IN2. The number of hydrogen-bond donors (Lipinski definition) is 2. The summed E-state index contributed by atoms with van der Waals surface area (Å²) in [5.41, 5.74) is 3.70. The Morgan fingerprint density at radius 3 is 2.65 bits per heavy atom. The van der Waals surface area contributed by atoms with E-state index in [0.29, 0.717) is 5.02 Å². The van der Waals surface area contributed by atoms with E-state index in [1.54, 1.807) is 6.07 Å². The molecule has 0 spiro atoms. The maximum Gasteiger partial charge on any atom is 0.162 e. The largest absolute Gasteiger partial charge is 0.271 e. The summed E-state index contributed by atoms with van der Waals surface area (Å²) < 4.78 is 27.8. The summed E-state index contributed by atoms with van der Waals surface area (Å²) in [4.78, 5) is 0. The molecule has 0 saturated carbocycles. The molecule has 0 bridgehead atoms. The Hall–Kier alpha value is -0.760. The van der Waals surface area contributed by atoms with Crippen LogP contribution < -0.4 is 11.3 Å². The standard InChI is InChI=1S/C14H12ClF2IN2/c15-10-6-8(4-5-12(10)18)13(20-19)7-9-2-1-3-11(16)14(9)17/h1-6,13,20H,7,19H2. The van der Waals surface area contributed by atoms with Crippen LogP contribution in [0, 0.1) is 15.2 Å². The van der Waals surface area contributed by atoms with Crippen LogP contribution in [0.2, 0.25) is 5.02 Å². The maximum absolute atomic E-state index is 13.7. The molecule has 0 amide bonds. The highest BCUT2D eigenvalue weighted by atomic mass is 127. The summed E-state index contributed by atoms with van der Waals surface area (Å²) in [5.74, 6) is 3.81. The third kappa shape index (κ3) is 3.46. The molecule has 0 aliphatic carbocycles. The van der Waals surface area contributed by atoms with Crippen molar-refractivity contribution < 1.29 is 8.78 Å². The fourth-order valence-corrected chi connectivity index (χ4v) is 2.45. The number of nitrogens with two attached hydrogens (primary N) is 1. The predicted octanol–water partition coefficient (Wildman–Crippen LogP) is 3.97. The number of hydrogen-bond acceptors (Lipinski definition) is 2. The molecule has 2 nitrogen and oxygen atoms in total. The first-order valence-electron chi connectivity index (χ1n) is 5.87. The van der Waals surface area contributed by atoms with Crippen molar-refractivity contribution >= 4 is 34.2 Å². The molecule has 1 atom stereocenters. The SMILES string of the molecule is NNC(Cc1cccc(F)c1F)c1ccc(I)c(Cl)c1. The van der Waals surface area contributed by atoms with Crippen molar-refractivity contribution in [3.63, 3.8) is 0 Å². The molecule has 3 N–H and O–H groups in total. The fourth-order valence-electron chi connectivity index (χ4n) is 1.93. The first-order valence-corrected chi connectivity index (χ1v) is 7.32. The zero-order valence-electron chi connectivity index (χ0n) is 10.3. The van der Waals surface area contributed by atoms with Gasteiger partial charge in [0, 0.05) is 3.57 Å². The van der Waals surface area contributed by atoms with E-state index in [1.165, 1.54) is 12.1 Å². The summed E-state index contributed by atoms with van der Waals surface area (Å²) >= 11 is 8.18. The van der Waals surface area contributed by atoms with Crippen LogP contribution in [0.4, 0.5) is 8.78 Å². The second-order valence-corrected chi connectivity index (χ2v) is 5.88. The van der Waals surface area contributed by atoms with Crippen molar-refractivity contribution in [2.45, 2.75) is 12.5 Å². The molecule has 1 unspecified atom stereocenters. The molecule has 0 saturated heterocycles. The van der Waals surface area contributed by atoms with Gasteiger partial charge in [0.05, 0.1) is 11.1 Å². The Labute approximate surface area is 134 Å². The van der Waals surface area contributed by atoms with E-state index in [2.05, 4.69) is 28.0 Å². The smallest absolute Gasteiger partial charge is 0.162 e. The molecule has 2 aromatic rings. The Kier molecular flexibility index (Phi) is 5.31. The van der Waals surface area contributed by atoms with Gasteiger partial charge in [0.2, 0.25) is 0 Å². The van der Waals surface area contributed by atoms with Gasteiger partial charge in [0.15, 0.2) is 11.6 Å². The highest BCUT2D eigenvalue weighted by Gasteiger charge is 2.16. The molecule has 0 radical (unpaired) electrons. The lowest BCUT2D eigenvalue weighted by atomic mass is 9.99. The zero-order valence-corrected chi connectivity index (χ0v) is 13.3. The Morgan fingerprint density at radius 1 is 1.25 bits per heavy atom. The second kappa shape index (κ2) is 6.80. The molecule has 0 fully saturated rings. The Bertz CT molecular complexity index is 622. The summed E-state index contributed by atoms with van der Waals surface area (Å²) in [6.07, 6.45) is 0.233. The van der Waals surface area contributed by atoms with Crippen molar-refractivity contribution in [1.82, 2.24) is 5.43 Å².